The molecule has 2 rings (SSSR count). The number of carbonyl (C=O) groups excluding carboxylic acids is 1. The van der Waals surface area contributed by atoms with Crippen molar-refractivity contribution in [3.8, 4) is 5.75 Å². The molecule has 1 aromatic carbocycles. The summed E-state index contributed by atoms with van der Waals surface area (Å²) in [6.45, 7) is 14.5. The first-order chi connectivity index (χ1) is 12.9. The lowest BCUT2D eigenvalue weighted by atomic mass is 10.1. The van der Waals surface area contributed by atoms with Gasteiger partial charge < -0.3 is 14.7 Å². The minimum Gasteiger partial charge on any atom is -0.491 e. The van der Waals surface area contributed by atoms with Crippen molar-refractivity contribution in [2.24, 2.45) is 0 Å². The summed E-state index contributed by atoms with van der Waals surface area (Å²) in [4.78, 5) is 18.5. The van der Waals surface area contributed by atoms with Crippen LogP contribution in [0, 0.1) is 13.8 Å². The second kappa shape index (κ2) is 10.6. The highest BCUT2D eigenvalue weighted by Gasteiger charge is 2.22. The van der Waals surface area contributed by atoms with Gasteiger partial charge in [0.05, 0.1) is 6.54 Å². The fourth-order valence-corrected chi connectivity index (χ4v) is 3.56. The highest BCUT2D eigenvalue weighted by Crippen LogP contribution is 2.16. The summed E-state index contributed by atoms with van der Waals surface area (Å²) in [5.41, 5.74) is 2.32. The SMILES string of the molecule is CCN(CC)C(=O)CN1CCN(CC(O)COc2cc(C)cc(C)c2)CC1. The van der Waals surface area contributed by atoms with Crippen molar-refractivity contribution in [1.82, 2.24) is 14.7 Å². The molecule has 1 heterocycles. The van der Waals surface area contributed by atoms with Gasteiger partial charge in [0, 0.05) is 45.8 Å². The van der Waals surface area contributed by atoms with Crippen molar-refractivity contribution in [2.75, 3.05) is 59.0 Å². The Morgan fingerprint density at radius 1 is 1.07 bits per heavy atom. The molecule has 1 saturated heterocycles. The van der Waals surface area contributed by atoms with E-state index in [2.05, 4.69) is 15.9 Å². The molecule has 1 fully saturated rings. The number of carbonyl (C=O) groups is 1. The Bertz CT molecular complexity index is 576. The predicted octanol–water partition coefficient (Wildman–Crippen LogP) is 1.53. The maximum atomic E-state index is 12.2. The number of aryl methyl sites for hydroxylation is 2. The monoisotopic (exact) mass is 377 g/mol. The number of rotatable bonds is 9. The van der Waals surface area contributed by atoms with Crippen LogP contribution in [0.1, 0.15) is 25.0 Å². The van der Waals surface area contributed by atoms with Crippen molar-refractivity contribution in [3.05, 3.63) is 29.3 Å². The Hall–Kier alpha value is -1.63. The van der Waals surface area contributed by atoms with E-state index in [-0.39, 0.29) is 5.91 Å². The minimum absolute atomic E-state index is 0.204. The largest absolute Gasteiger partial charge is 0.491 e. The smallest absolute Gasteiger partial charge is 0.236 e. The number of amides is 1. The van der Waals surface area contributed by atoms with E-state index in [1.807, 2.05) is 44.7 Å². The van der Waals surface area contributed by atoms with Crippen LogP contribution in [0.2, 0.25) is 0 Å². The zero-order chi connectivity index (χ0) is 19.8. The van der Waals surface area contributed by atoms with Crippen LogP contribution in [0.25, 0.3) is 0 Å². The van der Waals surface area contributed by atoms with Gasteiger partial charge in [-0.2, -0.15) is 0 Å². The van der Waals surface area contributed by atoms with Crippen LogP contribution in [0.3, 0.4) is 0 Å². The number of benzene rings is 1. The van der Waals surface area contributed by atoms with Gasteiger partial charge in [0.2, 0.25) is 5.91 Å². The molecule has 1 N–H and O–H groups in total. The molecule has 0 bridgehead atoms. The van der Waals surface area contributed by atoms with Crippen molar-refractivity contribution < 1.29 is 14.6 Å². The maximum Gasteiger partial charge on any atom is 0.236 e. The van der Waals surface area contributed by atoms with E-state index in [0.29, 0.717) is 19.7 Å². The number of nitrogens with zero attached hydrogens (tertiary/aromatic N) is 3. The van der Waals surface area contributed by atoms with Crippen LogP contribution in [0.15, 0.2) is 18.2 Å². The third kappa shape index (κ3) is 7.13. The highest BCUT2D eigenvalue weighted by atomic mass is 16.5. The van der Waals surface area contributed by atoms with Gasteiger partial charge in [-0.05, 0) is 51.0 Å². The zero-order valence-electron chi connectivity index (χ0n) is 17.3. The van der Waals surface area contributed by atoms with Crippen LogP contribution in [0.4, 0.5) is 0 Å². The summed E-state index contributed by atoms with van der Waals surface area (Å²) < 4.78 is 5.76. The molecule has 0 radical (unpaired) electrons. The van der Waals surface area contributed by atoms with Gasteiger partial charge in [0.1, 0.15) is 18.5 Å². The standard InChI is InChI=1S/C21H35N3O3/c1-5-24(6-2)21(26)15-23-9-7-22(8-10-23)14-19(25)16-27-20-12-17(3)11-18(4)13-20/h11-13,19,25H,5-10,14-16H2,1-4H3. The molecule has 27 heavy (non-hydrogen) atoms. The molecule has 0 saturated carbocycles. The second-order valence-corrected chi connectivity index (χ2v) is 7.43. The number of β-amino-alcohol motifs (C(OH)–C–C–N with tert-alkyl or cyclic N) is 1. The van der Waals surface area contributed by atoms with Crippen LogP contribution in [-0.2, 0) is 4.79 Å². The molecular weight excluding hydrogens is 342 g/mol. The van der Waals surface area contributed by atoms with Crippen LogP contribution in [0.5, 0.6) is 5.75 Å². The van der Waals surface area contributed by atoms with E-state index in [1.165, 1.54) is 0 Å². The molecule has 1 aliphatic heterocycles. The average molecular weight is 378 g/mol. The molecular formula is C21H35N3O3. The second-order valence-electron chi connectivity index (χ2n) is 7.43. The molecule has 0 aliphatic carbocycles. The Balaban J connectivity index is 1.69. The van der Waals surface area contributed by atoms with E-state index in [1.54, 1.807) is 0 Å². The van der Waals surface area contributed by atoms with Gasteiger partial charge in [-0.25, -0.2) is 0 Å². The van der Waals surface area contributed by atoms with Crippen LogP contribution >= 0.6 is 0 Å². The fourth-order valence-electron chi connectivity index (χ4n) is 3.56. The summed E-state index contributed by atoms with van der Waals surface area (Å²) >= 11 is 0. The lowest BCUT2D eigenvalue weighted by Crippen LogP contribution is -2.51. The van der Waals surface area contributed by atoms with Gasteiger partial charge in [-0.3, -0.25) is 14.6 Å². The number of hydrogen-bond acceptors (Lipinski definition) is 5. The molecule has 1 aromatic rings. The van der Waals surface area contributed by atoms with Gasteiger partial charge in [-0.1, -0.05) is 6.07 Å². The molecule has 1 unspecified atom stereocenters. The summed E-state index contributed by atoms with van der Waals surface area (Å²) in [5.74, 6) is 1.02. The third-order valence-electron chi connectivity index (χ3n) is 5.05. The van der Waals surface area contributed by atoms with Gasteiger partial charge in [0.15, 0.2) is 0 Å². The van der Waals surface area contributed by atoms with Crippen molar-refractivity contribution >= 4 is 5.91 Å². The van der Waals surface area contributed by atoms with Gasteiger partial charge in [0.25, 0.3) is 0 Å². The number of piperazine rings is 1. The van der Waals surface area contributed by atoms with Crippen LogP contribution < -0.4 is 4.74 Å². The zero-order valence-corrected chi connectivity index (χ0v) is 17.3. The van der Waals surface area contributed by atoms with E-state index in [4.69, 9.17) is 4.74 Å². The van der Waals surface area contributed by atoms with Crippen LogP contribution in [-0.4, -0.2) is 90.8 Å². The van der Waals surface area contributed by atoms with E-state index in [0.717, 1.165) is 56.1 Å². The Morgan fingerprint density at radius 3 is 2.19 bits per heavy atom. The van der Waals surface area contributed by atoms with E-state index < -0.39 is 6.10 Å². The number of hydrogen-bond donors (Lipinski definition) is 1. The third-order valence-corrected chi connectivity index (χ3v) is 5.05. The molecule has 152 valence electrons. The fraction of sp³-hybridized carbons (Fsp3) is 0.667. The van der Waals surface area contributed by atoms with Crippen molar-refractivity contribution in [1.29, 1.82) is 0 Å². The number of aliphatic hydroxyl groups is 1. The first-order valence-corrected chi connectivity index (χ1v) is 10.0. The minimum atomic E-state index is -0.519. The molecule has 1 aliphatic rings. The quantitative estimate of drug-likeness (QED) is 0.707. The van der Waals surface area contributed by atoms with E-state index in [9.17, 15) is 9.90 Å². The molecule has 6 heteroatoms. The number of ether oxygens (including phenoxy) is 1. The molecule has 6 nitrogen and oxygen atoms in total. The average Bonchev–Trinajstić information content (AvgIpc) is 2.62. The predicted molar refractivity (Wildman–Crippen MR) is 108 cm³/mol. The Kier molecular flexibility index (Phi) is 8.54. The highest BCUT2D eigenvalue weighted by molar-refractivity contribution is 5.78. The number of likely N-dealkylation sites (N-methyl/N-ethyl adjacent to an activating group) is 1. The maximum absolute atomic E-state index is 12.2. The first kappa shape index (κ1) is 21.7. The summed E-state index contributed by atoms with van der Waals surface area (Å²) in [5, 5.41) is 10.3. The number of aliphatic hydroxyl groups excluding tert-OH is 1. The molecule has 1 atom stereocenters. The Morgan fingerprint density at radius 2 is 1.63 bits per heavy atom. The molecule has 0 spiro atoms. The lowest BCUT2D eigenvalue weighted by Gasteiger charge is -2.36. The summed E-state index contributed by atoms with van der Waals surface area (Å²) in [6.07, 6.45) is -0.519. The topological polar surface area (TPSA) is 56.3 Å². The van der Waals surface area contributed by atoms with E-state index >= 15 is 0 Å². The van der Waals surface area contributed by atoms with Gasteiger partial charge in [-0.15, -0.1) is 0 Å². The van der Waals surface area contributed by atoms with Crippen molar-refractivity contribution in [3.63, 3.8) is 0 Å². The molecule has 0 aromatic heterocycles. The lowest BCUT2D eigenvalue weighted by molar-refractivity contribution is -0.132. The normalized spacial score (nSPS) is 16.9. The Labute approximate surface area is 163 Å². The van der Waals surface area contributed by atoms with Crippen molar-refractivity contribution in [2.45, 2.75) is 33.8 Å². The first-order valence-electron chi connectivity index (χ1n) is 10.0. The summed E-state index contributed by atoms with van der Waals surface area (Å²) in [6, 6.07) is 6.09. The summed E-state index contributed by atoms with van der Waals surface area (Å²) in [7, 11) is 0. The molecule has 1 amide bonds. The van der Waals surface area contributed by atoms with Gasteiger partial charge >= 0.3 is 0 Å².